The largest absolute Gasteiger partial charge is 0.351 e. The summed E-state index contributed by atoms with van der Waals surface area (Å²) >= 11 is 0. The number of hydrazine groups is 2. The highest BCUT2D eigenvalue weighted by Gasteiger charge is 2.39. The van der Waals surface area contributed by atoms with Crippen molar-refractivity contribution in [3.8, 4) is 0 Å². The molecule has 0 bridgehead atoms. The van der Waals surface area contributed by atoms with Gasteiger partial charge in [-0.2, -0.15) is 0 Å². The lowest BCUT2D eigenvalue weighted by molar-refractivity contribution is -0.0629. The van der Waals surface area contributed by atoms with Crippen LogP contribution in [0, 0.1) is 5.41 Å². The summed E-state index contributed by atoms with van der Waals surface area (Å²) in [5, 5.41) is 6.68. The molecule has 1 aromatic carbocycles. The fourth-order valence-electron chi connectivity index (χ4n) is 4.62. The third-order valence-corrected chi connectivity index (χ3v) is 6.28. The van der Waals surface area contributed by atoms with Crippen LogP contribution >= 0.6 is 0 Å². The van der Waals surface area contributed by atoms with E-state index in [1.807, 2.05) is 0 Å². The molecule has 0 aromatic heterocycles. The molecule has 0 saturated heterocycles. The minimum atomic E-state index is 0.251. The van der Waals surface area contributed by atoms with Crippen molar-refractivity contribution in [3.05, 3.63) is 77.0 Å². The predicted octanol–water partition coefficient (Wildman–Crippen LogP) is 5.21. The molecular weight excluding hydrogens is 382 g/mol. The van der Waals surface area contributed by atoms with Crippen LogP contribution in [0.5, 0.6) is 0 Å². The van der Waals surface area contributed by atoms with Gasteiger partial charge in [-0.25, -0.2) is 0 Å². The Morgan fingerprint density at radius 3 is 2.32 bits per heavy atom. The normalized spacial score (nSPS) is 20.4. The van der Waals surface area contributed by atoms with Crippen LogP contribution in [0.1, 0.15) is 52.2 Å². The van der Waals surface area contributed by atoms with Crippen LogP contribution in [0.3, 0.4) is 0 Å². The Bertz CT molecular complexity index is 961. The van der Waals surface area contributed by atoms with E-state index in [0.717, 1.165) is 12.8 Å². The highest BCUT2D eigenvalue weighted by Crippen LogP contribution is 2.39. The Morgan fingerprint density at radius 2 is 1.71 bits per heavy atom. The van der Waals surface area contributed by atoms with Crippen molar-refractivity contribution < 1.29 is 0 Å². The molecule has 0 saturated carbocycles. The average molecular weight is 420 g/mol. The molecular formula is C26H37N5. The van der Waals surface area contributed by atoms with Crippen molar-refractivity contribution >= 4 is 5.70 Å². The zero-order valence-electron chi connectivity index (χ0n) is 20.3. The molecule has 5 nitrogen and oxygen atoms in total. The molecule has 0 N–H and O–H groups in total. The number of benzene rings is 1. The van der Waals surface area contributed by atoms with Gasteiger partial charge < -0.3 is 9.80 Å². The minimum absolute atomic E-state index is 0.251. The fourth-order valence-corrected chi connectivity index (χ4v) is 4.62. The van der Waals surface area contributed by atoms with Gasteiger partial charge in [0.05, 0.1) is 11.4 Å². The molecule has 5 heteroatoms. The highest BCUT2D eigenvalue weighted by molar-refractivity contribution is 5.74. The molecule has 1 unspecified atom stereocenters. The van der Waals surface area contributed by atoms with Crippen molar-refractivity contribution in [2.75, 3.05) is 21.1 Å². The second kappa shape index (κ2) is 7.79. The van der Waals surface area contributed by atoms with Gasteiger partial charge in [-0.05, 0) is 42.4 Å². The third-order valence-electron chi connectivity index (χ3n) is 6.28. The first-order valence-corrected chi connectivity index (χ1v) is 11.3. The maximum atomic E-state index is 2.38. The second-order valence-electron chi connectivity index (χ2n) is 10.1. The van der Waals surface area contributed by atoms with E-state index >= 15 is 0 Å². The van der Waals surface area contributed by atoms with Crippen LogP contribution in [0.2, 0.25) is 0 Å². The van der Waals surface area contributed by atoms with Crippen LogP contribution in [-0.4, -0.2) is 52.2 Å². The van der Waals surface area contributed by atoms with Crippen molar-refractivity contribution in [1.29, 1.82) is 0 Å². The number of fused-ring (bicyclic) bond motifs is 1. The number of likely N-dealkylation sites (N-methyl/N-ethyl adjacent to an activating group) is 1. The SMILES string of the molecule is CCC1=C(N(C)N(C)N2C=C2c2ccc(CC(C)(C)C)cc2)N2C=C(C)C=CC2N1C. The molecule has 3 aliphatic heterocycles. The van der Waals surface area contributed by atoms with E-state index in [1.165, 1.54) is 33.9 Å². The monoisotopic (exact) mass is 419 g/mol. The number of hydrogen-bond donors (Lipinski definition) is 0. The lowest BCUT2D eigenvalue weighted by Gasteiger charge is -2.38. The fraction of sp³-hybridized carbons (Fsp3) is 0.462. The van der Waals surface area contributed by atoms with Crippen molar-refractivity contribution in [2.24, 2.45) is 5.41 Å². The first kappa shape index (κ1) is 21.6. The van der Waals surface area contributed by atoms with E-state index in [4.69, 9.17) is 0 Å². The topological polar surface area (TPSA) is 16.0 Å². The standard InChI is InChI=1S/C26H37N5/c1-9-22-25(30-17-19(2)10-15-24(30)27(22)6)28(7)29(8)31-18-23(31)21-13-11-20(12-14-21)16-26(3,4)5/h10-15,17-18,24H,9,16H2,1-8H3. The molecule has 1 aromatic rings. The molecule has 3 heterocycles. The van der Waals surface area contributed by atoms with Gasteiger partial charge in [0.25, 0.3) is 0 Å². The summed E-state index contributed by atoms with van der Waals surface area (Å²) in [6, 6.07) is 9.03. The summed E-state index contributed by atoms with van der Waals surface area (Å²) in [4.78, 5) is 4.76. The molecule has 0 amide bonds. The van der Waals surface area contributed by atoms with Gasteiger partial charge in [0.2, 0.25) is 0 Å². The summed E-state index contributed by atoms with van der Waals surface area (Å²) in [5.74, 6) is 1.24. The number of nitrogens with zero attached hydrogens (tertiary/aromatic N) is 5. The highest BCUT2D eigenvalue weighted by atomic mass is 15.9. The van der Waals surface area contributed by atoms with E-state index in [9.17, 15) is 0 Å². The summed E-state index contributed by atoms with van der Waals surface area (Å²) in [6.07, 6.45) is 11.3. The van der Waals surface area contributed by atoms with Crippen LogP contribution in [0.25, 0.3) is 5.70 Å². The van der Waals surface area contributed by atoms with Gasteiger partial charge in [0, 0.05) is 39.1 Å². The molecule has 166 valence electrons. The predicted molar refractivity (Wildman–Crippen MR) is 129 cm³/mol. The van der Waals surface area contributed by atoms with Crippen molar-refractivity contribution in [3.63, 3.8) is 0 Å². The maximum Gasteiger partial charge on any atom is 0.146 e. The maximum absolute atomic E-state index is 2.38. The van der Waals surface area contributed by atoms with Crippen LogP contribution in [-0.2, 0) is 6.42 Å². The Balaban J connectivity index is 1.49. The summed E-state index contributed by atoms with van der Waals surface area (Å²) in [5.41, 5.74) is 6.85. The zero-order valence-corrected chi connectivity index (χ0v) is 20.3. The van der Waals surface area contributed by atoms with Gasteiger partial charge in [-0.3, -0.25) is 10.0 Å². The molecule has 0 aliphatic carbocycles. The van der Waals surface area contributed by atoms with E-state index in [0.29, 0.717) is 5.41 Å². The molecule has 31 heavy (non-hydrogen) atoms. The summed E-state index contributed by atoms with van der Waals surface area (Å²) in [6.45, 7) is 11.3. The Kier molecular flexibility index (Phi) is 5.42. The van der Waals surface area contributed by atoms with Gasteiger partial charge in [-0.1, -0.05) is 58.0 Å². The van der Waals surface area contributed by atoms with Crippen molar-refractivity contribution in [2.45, 2.75) is 53.6 Å². The first-order valence-electron chi connectivity index (χ1n) is 11.3. The second-order valence-corrected chi connectivity index (χ2v) is 10.1. The van der Waals surface area contributed by atoms with E-state index < -0.39 is 0 Å². The van der Waals surface area contributed by atoms with Crippen molar-refractivity contribution in [1.82, 2.24) is 24.9 Å². The lowest BCUT2D eigenvalue weighted by Crippen LogP contribution is -2.45. The van der Waals surface area contributed by atoms with Crippen LogP contribution < -0.4 is 0 Å². The first-order chi connectivity index (χ1) is 14.6. The Morgan fingerprint density at radius 1 is 1.03 bits per heavy atom. The molecule has 0 fully saturated rings. The van der Waals surface area contributed by atoms with E-state index in [1.54, 1.807) is 0 Å². The smallest absolute Gasteiger partial charge is 0.146 e. The molecule has 0 spiro atoms. The summed E-state index contributed by atoms with van der Waals surface area (Å²) < 4.78 is 0. The van der Waals surface area contributed by atoms with Crippen LogP contribution in [0.15, 0.2) is 65.9 Å². The van der Waals surface area contributed by atoms with Gasteiger partial charge in [0.1, 0.15) is 12.0 Å². The number of hydrogen-bond acceptors (Lipinski definition) is 5. The molecule has 4 rings (SSSR count). The van der Waals surface area contributed by atoms with E-state index in [2.05, 4.69) is 130 Å². The van der Waals surface area contributed by atoms with Gasteiger partial charge in [-0.15, -0.1) is 5.12 Å². The third kappa shape index (κ3) is 4.11. The van der Waals surface area contributed by atoms with Gasteiger partial charge in [0.15, 0.2) is 0 Å². The molecule has 3 aliphatic rings. The molecule has 1 atom stereocenters. The summed E-state index contributed by atoms with van der Waals surface area (Å²) in [7, 11) is 6.47. The number of rotatable bonds is 6. The molecule has 0 radical (unpaired) electrons. The van der Waals surface area contributed by atoms with Gasteiger partial charge >= 0.3 is 0 Å². The lowest BCUT2D eigenvalue weighted by atomic mass is 9.88. The Hall–Kier alpha value is -2.66. The van der Waals surface area contributed by atoms with E-state index in [-0.39, 0.29) is 6.17 Å². The zero-order chi connectivity index (χ0) is 22.5. The number of allylic oxidation sites excluding steroid dienone is 3. The quantitative estimate of drug-likeness (QED) is 0.587. The average Bonchev–Trinajstić information content (AvgIpc) is 3.45. The Labute approximate surface area is 188 Å². The van der Waals surface area contributed by atoms with Crippen LogP contribution in [0.4, 0.5) is 0 Å². The minimum Gasteiger partial charge on any atom is -0.351 e.